The van der Waals surface area contributed by atoms with Crippen LogP contribution in [0.5, 0.6) is 0 Å². The lowest BCUT2D eigenvalue weighted by molar-refractivity contribution is 0.0519. The van der Waals surface area contributed by atoms with E-state index >= 15 is 0 Å². The lowest BCUT2D eigenvalue weighted by Gasteiger charge is -2.38. The molecule has 2 amide bonds. The van der Waals surface area contributed by atoms with Crippen LogP contribution in [0.15, 0.2) is 18.2 Å². The van der Waals surface area contributed by atoms with Crippen LogP contribution in [-0.4, -0.2) is 80.9 Å². The highest BCUT2D eigenvalue weighted by molar-refractivity contribution is 5.74. The number of morpholine rings is 1. The molecule has 0 unspecified atom stereocenters. The molecule has 2 saturated heterocycles. The van der Waals surface area contributed by atoms with Crippen LogP contribution in [0.2, 0.25) is 0 Å². The highest BCUT2D eigenvalue weighted by Gasteiger charge is 2.26. The minimum atomic E-state index is 0.110. The summed E-state index contributed by atoms with van der Waals surface area (Å²) < 4.78 is 5.35. The molecule has 2 heterocycles. The van der Waals surface area contributed by atoms with E-state index in [0.29, 0.717) is 19.3 Å². The Labute approximate surface area is 193 Å². The largest absolute Gasteiger partial charge is 0.378 e. The molecule has 2 aliphatic carbocycles. The topological polar surface area (TPSA) is 48.1 Å². The molecule has 1 saturated carbocycles. The first kappa shape index (κ1) is 22.0. The maximum Gasteiger partial charge on any atom is 0.317 e. The minimum Gasteiger partial charge on any atom is -0.378 e. The first-order chi connectivity index (χ1) is 15.8. The van der Waals surface area contributed by atoms with E-state index in [1.54, 1.807) is 11.1 Å². The van der Waals surface area contributed by atoms with Gasteiger partial charge in [0.05, 0.1) is 13.2 Å². The van der Waals surface area contributed by atoms with E-state index in [1.807, 2.05) is 4.90 Å². The predicted octanol–water partition coefficient (Wildman–Crippen LogP) is 3.29. The molecule has 1 aromatic carbocycles. The van der Waals surface area contributed by atoms with Crippen LogP contribution in [0.25, 0.3) is 0 Å². The minimum absolute atomic E-state index is 0.110. The molecule has 6 heteroatoms. The van der Waals surface area contributed by atoms with E-state index in [4.69, 9.17) is 4.74 Å². The van der Waals surface area contributed by atoms with Gasteiger partial charge in [-0.2, -0.15) is 0 Å². The summed E-state index contributed by atoms with van der Waals surface area (Å²) in [7, 11) is 0. The van der Waals surface area contributed by atoms with Crippen molar-refractivity contribution in [3.05, 3.63) is 29.3 Å². The molecular formula is C26H40N4O2. The Morgan fingerprint density at radius 2 is 1.75 bits per heavy atom. The number of urea groups is 1. The van der Waals surface area contributed by atoms with Gasteiger partial charge >= 0.3 is 6.03 Å². The fourth-order valence-corrected chi connectivity index (χ4v) is 6.10. The zero-order chi connectivity index (χ0) is 21.8. The third-order valence-corrected chi connectivity index (χ3v) is 8.16. The van der Waals surface area contributed by atoms with Gasteiger partial charge in [0.2, 0.25) is 0 Å². The summed E-state index contributed by atoms with van der Waals surface area (Å²) in [5.41, 5.74) is 4.72. The first-order valence-corrected chi connectivity index (χ1v) is 13.0. The summed E-state index contributed by atoms with van der Waals surface area (Å²) >= 11 is 0. The van der Waals surface area contributed by atoms with Crippen LogP contribution in [0, 0.1) is 5.92 Å². The number of hydrogen-bond acceptors (Lipinski definition) is 4. The summed E-state index contributed by atoms with van der Waals surface area (Å²) in [6.45, 7) is 8.72. The zero-order valence-corrected chi connectivity index (χ0v) is 19.6. The average Bonchev–Trinajstić information content (AvgIpc) is 3.34. The number of fused-ring (bicyclic) bond motifs is 1. The molecule has 3 fully saturated rings. The standard InChI is InChI=1S/C26H40N4O2/c31-26(30-17-19-32-20-18-30)27-23-9-7-21(8-10-23)11-12-28-13-15-29(16-14-28)25-6-2-4-22-3-1-5-24(22)25/h2,4,6,21,23H,1,3,5,7-20H2,(H,27,31)/t21-,23-. The molecule has 1 aromatic rings. The van der Waals surface area contributed by atoms with E-state index < -0.39 is 0 Å². The summed E-state index contributed by atoms with van der Waals surface area (Å²) in [6.07, 6.45) is 9.94. The van der Waals surface area contributed by atoms with Gasteiger partial charge in [-0.25, -0.2) is 4.79 Å². The molecule has 176 valence electrons. The highest BCUT2D eigenvalue weighted by Crippen LogP contribution is 2.32. The molecule has 4 aliphatic rings. The quantitative estimate of drug-likeness (QED) is 0.763. The molecule has 0 atom stereocenters. The maximum atomic E-state index is 12.4. The Morgan fingerprint density at radius 3 is 2.53 bits per heavy atom. The van der Waals surface area contributed by atoms with Gasteiger partial charge in [0, 0.05) is 51.0 Å². The molecule has 0 aromatic heterocycles. The number of carbonyl (C=O) groups is 1. The van der Waals surface area contributed by atoms with Crippen LogP contribution < -0.4 is 10.2 Å². The van der Waals surface area contributed by atoms with Crippen molar-refractivity contribution >= 4 is 11.7 Å². The zero-order valence-electron chi connectivity index (χ0n) is 19.6. The molecule has 1 N–H and O–H groups in total. The van der Waals surface area contributed by atoms with Crippen molar-refractivity contribution in [3.8, 4) is 0 Å². The van der Waals surface area contributed by atoms with E-state index in [-0.39, 0.29) is 6.03 Å². The van der Waals surface area contributed by atoms with Crippen molar-refractivity contribution in [3.63, 3.8) is 0 Å². The molecule has 0 spiro atoms. The van der Waals surface area contributed by atoms with E-state index in [1.165, 1.54) is 63.8 Å². The number of piperazine rings is 1. The van der Waals surface area contributed by atoms with Gasteiger partial charge in [-0.1, -0.05) is 12.1 Å². The van der Waals surface area contributed by atoms with Crippen LogP contribution in [-0.2, 0) is 17.6 Å². The third kappa shape index (κ3) is 5.23. The Bertz CT molecular complexity index is 763. The Kier molecular flexibility index (Phi) is 7.18. The van der Waals surface area contributed by atoms with Gasteiger partial charge in [0.25, 0.3) is 0 Å². The number of anilines is 1. The smallest absolute Gasteiger partial charge is 0.317 e. The lowest BCUT2D eigenvalue weighted by atomic mass is 9.84. The van der Waals surface area contributed by atoms with Gasteiger partial charge in [0.15, 0.2) is 0 Å². The number of hydrogen-bond donors (Lipinski definition) is 1. The van der Waals surface area contributed by atoms with Crippen molar-refractivity contribution in [2.45, 2.75) is 57.4 Å². The summed E-state index contributed by atoms with van der Waals surface area (Å²) in [6, 6.07) is 7.39. The fraction of sp³-hybridized carbons (Fsp3) is 0.731. The van der Waals surface area contributed by atoms with Crippen molar-refractivity contribution in [2.24, 2.45) is 5.92 Å². The van der Waals surface area contributed by atoms with Gasteiger partial charge in [-0.3, -0.25) is 4.90 Å². The molecule has 32 heavy (non-hydrogen) atoms. The number of ether oxygens (including phenoxy) is 1. The monoisotopic (exact) mass is 440 g/mol. The van der Waals surface area contributed by atoms with Gasteiger partial charge in [0.1, 0.15) is 0 Å². The lowest BCUT2D eigenvalue weighted by Crippen LogP contribution is -2.50. The number of benzene rings is 1. The van der Waals surface area contributed by atoms with Gasteiger partial charge < -0.3 is 19.9 Å². The van der Waals surface area contributed by atoms with E-state index in [2.05, 4.69) is 33.3 Å². The Morgan fingerprint density at radius 1 is 0.969 bits per heavy atom. The average molecular weight is 441 g/mol. The van der Waals surface area contributed by atoms with E-state index in [0.717, 1.165) is 44.9 Å². The summed E-state index contributed by atoms with van der Waals surface area (Å²) in [5.74, 6) is 0.821. The summed E-state index contributed by atoms with van der Waals surface area (Å²) in [4.78, 5) is 19.6. The number of carbonyl (C=O) groups excluding carboxylic acids is 1. The number of aryl methyl sites for hydroxylation is 1. The molecule has 2 aliphatic heterocycles. The maximum absolute atomic E-state index is 12.4. The SMILES string of the molecule is O=C(N[C@H]1CC[C@H](CCN2CCN(c3cccc4c3CCC4)CC2)CC1)N1CCOCC1. The fourth-order valence-electron chi connectivity index (χ4n) is 6.10. The van der Waals surface area contributed by atoms with Crippen molar-refractivity contribution < 1.29 is 9.53 Å². The van der Waals surface area contributed by atoms with Crippen LogP contribution >= 0.6 is 0 Å². The van der Waals surface area contributed by atoms with Crippen molar-refractivity contribution in [1.82, 2.24) is 15.1 Å². The predicted molar refractivity (Wildman–Crippen MR) is 128 cm³/mol. The Hall–Kier alpha value is -1.79. The second-order valence-electron chi connectivity index (χ2n) is 10.2. The normalized spacial score (nSPS) is 26.8. The number of amides is 2. The Balaban J connectivity index is 1.00. The van der Waals surface area contributed by atoms with Crippen LogP contribution in [0.4, 0.5) is 10.5 Å². The van der Waals surface area contributed by atoms with Gasteiger partial charge in [-0.15, -0.1) is 0 Å². The van der Waals surface area contributed by atoms with Crippen LogP contribution in [0.1, 0.15) is 49.7 Å². The second-order valence-corrected chi connectivity index (χ2v) is 10.2. The molecular weight excluding hydrogens is 400 g/mol. The van der Waals surface area contributed by atoms with Crippen molar-refractivity contribution in [2.75, 3.05) is 63.9 Å². The number of nitrogens with one attached hydrogen (secondary N) is 1. The molecule has 5 rings (SSSR count). The number of rotatable bonds is 5. The first-order valence-electron chi connectivity index (χ1n) is 13.0. The molecule has 6 nitrogen and oxygen atoms in total. The highest BCUT2D eigenvalue weighted by atomic mass is 16.5. The van der Waals surface area contributed by atoms with Crippen LogP contribution in [0.3, 0.4) is 0 Å². The molecule has 0 radical (unpaired) electrons. The van der Waals surface area contributed by atoms with Crippen molar-refractivity contribution in [1.29, 1.82) is 0 Å². The third-order valence-electron chi connectivity index (χ3n) is 8.16. The van der Waals surface area contributed by atoms with Gasteiger partial charge in [-0.05, 0) is 81.0 Å². The van der Waals surface area contributed by atoms with E-state index in [9.17, 15) is 4.79 Å². The second kappa shape index (κ2) is 10.4. The number of nitrogens with zero attached hydrogens (tertiary/aromatic N) is 3. The molecule has 0 bridgehead atoms. The summed E-state index contributed by atoms with van der Waals surface area (Å²) in [5, 5.41) is 3.27.